The molecule has 4 nitrogen and oxygen atoms in total. The topological polar surface area (TPSA) is 66.6 Å². The predicted octanol–water partition coefficient (Wildman–Crippen LogP) is -0.0879. The highest BCUT2D eigenvalue weighted by atomic mass is 16.3. The molecule has 1 aliphatic rings. The van der Waals surface area contributed by atoms with E-state index in [0.717, 1.165) is 0 Å². The molecule has 0 heterocycles. The van der Waals surface area contributed by atoms with Gasteiger partial charge in [-0.25, -0.2) is 0 Å². The first-order chi connectivity index (χ1) is 5.92. The van der Waals surface area contributed by atoms with Gasteiger partial charge in [0.1, 0.15) is 5.72 Å². The smallest absolute Gasteiger partial charge is 0.225 e. The Kier molecular flexibility index (Phi) is 2.93. The Bertz CT molecular complexity index is 192. The number of rotatable bonds is 1. The van der Waals surface area contributed by atoms with E-state index in [1.807, 2.05) is 0 Å². The van der Waals surface area contributed by atoms with Crippen molar-refractivity contribution in [1.82, 2.24) is 4.90 Å². The van der Waals surface area contributed by atoms with Crippen molar-refractivity contribution in [3.05, 3.63) is 0 Å². The average Bonchev–Trinajstić information content (AvgIpc) is 2.03. The molecule has 0 aliphatic heterocycles. The maximum absolute atomic E-state index is 11.5. The van der Waals surface area contributed by atoms with E-state index in [-0.39, 0.29) is 11.8 Å². The number of amides is 1. The van der Waals surface area contributed by atoms with Crippen LogP contribution in [-0.4, -0.2) is 35.7 Å². The second-order valence-electron chi connectivity index (χ2n) is 4.11. The lowest BCUT2D eigenvalue weighted by Gasteiger charge is -2.33. The molecular weight excluding hydrogens is 168 g/mol. The summed E-state index contributed by atoms with van der Waals surface area (Å²) in [7, 11) is 3.51. The summed E-state index contributed by atoms with van der Waals surface area (Å²) in [6.45, 7) is 0. The van der Waals surface area contributed by atoms with Crippen molar-refractivity contribution in [3.8, 4) is 0 Å². The summed E-state index contributed by atoms with van der Waals surface area (Å²) in [5.74, 6) is 0.203. The first-order valence-corrected chi connectivity index (χ1v) is 4.65. The molecule has 3 N–H and O–H groups in total. The number of hydrogen-bond donors (Lipinski definition) is 2. The van der Waals surface area contributed by atoms with Crippen LogP contribution in [0.4, 0.5) is 0 Å². The first kappa shape index (κ1) is 10.5. The molecule has 0 aromatic carbocycles. The highest BCUT2D eigenvalue weighted by Gasteiger charge is 2.32. The first-order valence-electron chi connectivity index (χ1n) is 4.65. The van der Waals surface area contributed by atoms with Crippen LogP contribution in [-0.2, 0) is 4.79 Å². The predicted molar refractivity (Wildman–Crippen MR) is 49.8 cm³/mol. The van der Waals surface area contributed by atoms with Gasteiger partial charge in [-0.3, -0.25) is 4.79 Å². The number of hydrogen-bond acceptors (Lipinski definition) is 3. The SMILES string of the molecule is CN(C)C(=O)C1CCC(N)(O)CC1. The summed E-state index contributed by atoms with van der Waals surface area (Å²) in [6, 6.07) is 0. The van der Waals surface area contributed by atoms with E-state index in [1.165, 1.54) is 0 Å². The molecule has 0 atom stereocenters. The van der Waals surface area contributed by atoms with E-state index >= 15 is 0 Å². The molecule has 1 aliphatic carbocycles. The zero-order chi connectivity index (χ0) is 10.1. The van der Waals surface area contributed by atoms with E-state index in [4.69, 9.17) is 5.73 Å². The van der Waals surface area contributed by atoms with Gasteiger partial charge in [-0.15, -0.1) is 0 Å². The Labute approximate surface area is 78.7 Å². The fraction of sp³-hybridized carbons (Fsp3) is 0.889. The summed E-state index contributed by atoms with van der Waals surface area (Å²) < 4.78 is 0. The summed E-state index contributed by atoms with van der Waals surface area (Å²) in [4.78, 5) is 13.1. The largest absolute Gasteiger partial charge is 0.376 e. The number of nitrogens with zero attached hydrogens (tertiary/aromatic N) is 1. The minimum Gasteiger partial charge on any atom is -0.376 e. The van der Waals surface area contributed by atoms with E-state index in [0.29, 0.717) is 25.7 Å². The molecule has 0 bridgehead atoms. The van der Waals surface area contributed by atoms with E-state index in [2.05, 4.69) is 0 Å². The maximum Gasteiger partial charge on any atom is 0.225 e. The van der Waals surface area contributed by atoms with Crippen molar-refractivity contribution in [3.63, 3.8) is 0 Å². The molecule has 1 saturated carbocycles. The molecule has 0 spiro atoms. The fourth-order valence-electron chi connectivity index (χ4n) is 1.73. The van der Waals surface area contributed by atoms with Gasteiger partial charge in [0.05, 0.1) is 0 Å². The number of nitrogens with two attached hydrogens (primary N) is 1. The van der Waals surface area contributed by atoms with Crippen LogP contribution in [0.5, 0.6) is 0 Å². The van der Waals surface area contributed by atoms with Crippen LogP contribution in [0.15, 0.2) is 0 Å². The lowest BCUT2D eigenvalue weighted by molar-refractivity contribution is -0.135. The molecule has 1 rings (SSSR count). The van der Waals surface area contributed by atoms with Gasteiger partial charge < -0.3 is 15.7 Å². The molecule has 0 unspecified atom stereocenters. The lowest BCUT2D eigenvalue weighted by atomic mass is 9.83. The van der Waals surface area contributed by atoms with Gasteiger partial charge in [0, 0.05) is 20.0 Å². The summed E-state index contributed by atoms with van der Waals surface area (Å²) in [5.41, 5.74) is 4.51. The van der Waals surface area contributed by atoms with Crippen LogP contribution in [0.2, 0.25) is 0 Å². The summed E-state index contributed by atoms with van der Waals surface area (Å²) in [5, 5.41) is 9.47. The second-order valence-corrected chi connectivity index (χ2v) is 4.11. The Morgan fingerprint density at radius 2 is 1.92 bits per heavy atom. The van der Waals surface area contributed by atoms with Gasteiger partial charge in [0.15, 0.2) is 0 Å². The van der Waals surface area contributed by atoms with Crippen molar-refractivity contribution >= 4 is 5.91 Å². The second kappa shape index (κ2) is 3.64. The highest BCUT2D eigenvalue weighted by Crippen LogP contribution is 2.29. The molecule has 1 amide bonds. The molecule has 1 fully saturated rings. The molecular formula is C9H18N2O2. The zero-order valence-electron chi connectivity index (χ0n) is 8.29. The highest BCUT2D eigenvalue weighted by molar-refractivity contribution is 5.78. The Morgan fingerprint density at radius 1 is 1.46 bits per heavy atom. The number of aliphatic hydroxyl groups is 1. The standard InChI is InChI=1S/C9H18N2O2/c1-11(2)8(12)7-3-5-9(10,13)6-4-7/h7,13H,3-6,10H2,1-2H3. The fourth-order valence-corrected chi connectivity index (χ4v) is 1.73. The van der Waals surface area contributed by atoms with E-state index in [9.17, 15) is 9.90 Å². The summed E-state index contributed by atoms with van der Waals surface area (Å²) in [6.07, 6.45) is 2.45. The van der Waals surface area contributed by atoms with Crippen molar-refractivity contribution in [2.45, 2.75) is 31.4 Å². The maximum atomic E-state index is 11.5. The van der Waals surface area contributed by atoms with Crippen LogP contribution in [0.1, 0.15) is 25.7 Å². The van der Waals surface area contributed by atoms with Gasteiger partial charge in [-0.2, -0.15) is 0 Å². The van der Waals surface area contributed by atoms with Gasteiger partial charge >= 0.3 is 0 Å². The molecule has 4 heteroatoms. The van der Waals surface area contributed by atoms with Crippen LogP contribution in [0.3, 0.4) is 0 Å². The summed E-state index contributed by atoms with van der Waals surface area (Å²) >= 11 is 0. The minimum absolute atomic E-state index is 0.0545. The van der Waals surface area contributed by atoms with Crippen LogP contribution >= 0.6 is 0 Å². The monoisotopic (exact) mass is 186 g/mol. The quantitative estimate of drug-likeness (QED) is 0.562. The molecule has 0 radical (unpaired) electrons. The van der Waals surface area contributed by atoms with Gasteiger partial charge in [-0.1, -0.05) is 0 Å². The number of carbonyl (C=O) groups is 1. The molecule has 0 aromatic rings. The molecule has 0 saturated heterocycles. The van der Waals surface area contributed by atoms with Gasteiger partial charge in [0.25, 0.3) is 0 Å². The van der Waals surface area contributed by atoms with Crippen LogP contribution in [0, 0.1) is 5.92 Å². The van der Waals surface area contributed by atoms with E-state index < -0.39 is 5.72 Å². The van der Waals surface area contributed by atoms with Crippen molar-refractivity contribution < 1.29 is 9.90 Å². The van der Waals surface area contributed by atoms with Gasteiger partial charge in [0.2, 0.25) is 5.91 Å². The third-order valence-corrected chi connectivity index (χ3v) is 2.64. The normalized spacial score (nSPS) is 34.3. The molecule has 76 valence electrons. The third-order valence-electron chi connectivity index (χ3n) is 2.64. The van der Waals surface area contributed by atoms with Crippen LogP contribution < -0.4 is 5.73 Å². The third kappa shape index (κ3) is 2.67. The molecule has 13 heavy (non-hydrogen) atoms. The Hall–Kier alpha value is -0.610. The van der Waals surface area contributed by atoms with Crippen molar-refractivity contribution in [2.75, 3.05) is 14.1 Å². The number of carbonyl (C=O) groups excluding carboxylic acids is 1. The van der Waals surface area contributed by atoms with Gasteiger partial charge in [-0.05, 0) is 25.7 Å². The Morgan fingerprint density at radius 3 is 2.31 bits per heavy atom. The Balaban J connectivity index is 2.46. The average molecular weight is 186 g/mol. The van der Waals surface area contributed by atoms with Crippen LogP contribution in [0.25, 0.3) is 0 Å². The molecule has 0 aromatic heterocycles. The van der Waals surface area contributed by atoms with Crippen molar-refractivity contribution in [2.24, 2.45) is 11.7 Å². The van der Waals surface area contributed by atoms with E-state index in [1.54, 1.807) is 19.0 Å². The zero-order valence-corrected chi connectivity index (χ0v) is 8.29. The van der Waals surface area contributed by atoms with Crippen molar-refractivity contribution in [1.29, 1.82) is 0 Å². The lowest BCUT2D eigenvalue weighted by Crippen LogP contribution is -2.45. The minimum atomic E-state index is -1.04.